The zero-order valence-corrected chi connectivity index (χ0v) is 16.8. The second-order valence-electron chi connectivity index (χ2n) is 6.88. The van der Waals surface area contributed by atoms with Gasteiger partial charge < -0.3 is 16.0 Å². The standard InChI is InChI=1S/C24H20FN5O/c1-16-14-22(27-19-8-3-2-4-9-19)30-24(26-16)29-21-12-10-20(11-13-21)28-23(31)17-6-5-7-18(25)15-17/h2-15H,1H3,(H,28,31)(H2,26,27,29,30). The van der Waals surface area contributed by atoms with Crippen LogP contribution in [-0.4, -0.2) is 15.9 Å². The van der Waals surface area contributed by atoms with Crippen molar-refractivity contribution < 1.29 is 9.18 Å². The van der Waals surface area contributed by atoms with E-state index < -0.39 is 5.82 Å². The number of para-hydroxylation sites is 1. The van der Waals surface area contributed by atoms with Gasteiger partial charge >= 0.3 is 0 Å². The summed E-state index contributed by atoms with van der Waals surface area (Å²) in [5.41, 5.74) is 3.37. The fourth-order valence-corrected chi connectivity index (χ4v) is 2.96. The molecule has 0 aliphatic carbocycles. The SMILES string of the molecule is Cc1cc(Nc2ccccc2)nc(Nc2ccc(NC(=O)c3cccc(F)c3)cc2)n1. The molecule has 1 heterocycles. The molecule has 7 heteroatoms. The summed E-state index contributed by atoms with van der Waals surface area (Å²) >= 11 is 0. The smallest absolute Gasteiger partial charge is 0.255 e. The minimum atomic E-state index is -0.452. The summed E-state index contributed by atoms with van der Waals surface area (Å²) in [5.74, 6) is 0.306. The van der Waals surface area contributed by atoms with Crippen LogP contribution >= 0.6 is 0 Å². The predicted octanol–water partition coefficient (Wildman–Crippen LogP) is 5.66. The van der Waals surface area contributed by atoms with E-state index in [9.17, 15) is 9.18 Å². The zero-order chi connectivity index (χ0) is 21.6. The molecule has 0 radical (unpaired) electrons. The molecule has 0 atom stereocenters. The lowest BCUT2D eigenvalue weighted by Crippen LogP contribution is -2.12. The van der Waals surface area contributed by atoms with E-state index in [0.717, 1.165) is 17.1 Å². The maximum absolute atomic E-state index is 13.3. The van der Waals surface area contributed by atoms with Crippen LogP contribution in [0.2, 0.25) is 0 Å². The number of aryl methyl sites for hydroxylation is 1. The topological polar surface area (TPSA) is 78.9 Å². The van der Waals surface area contributed by atoms with Gasteiger partial charge in [-0.1, -0.05) is 24.3 Å². The monoisotopic (exact) mass is 413 g/mol. The lowest BCUT2D eigenvalue weighted by atomic mass is 10.2. The molecule has 3 N–H and O–H groups in total. The Morgan fingerprint density at radius 1 is 0.774 bits per heavy atom. The molecule has 0 bridgehead atoms. The molecule has 31 heavy (non-hydrogen) atoms. The van der Waals surface area contributed by atoms with Crippen molar-refractivity contribution in [1.29, 1.82) is 0 Å². The summed E-state index contributed by atoms with van der Waals surface area (Å²) in [5, 5.41) is 9.17. The Hall–Kier alpha value is -4.26. The highest BCUT2D eigenvalue weighted by molar-refractivity contribution is 6.04. The zero-order valence-electron chi connectivity index (χ0n) is 16.8. The number of carbonyl (C=O) groups excluding carboxylic acids is 1. The number of rotatable bonds is 6. The number of halogens is 1. The number of benzene rings is 3. The number of hydrogen-bond acceptors (Lipinski definition) is 5. The van der Waals surface area contributed by atoms with Gasteiger partial charge in [0.15, 0.2) is 0 Å². The van der Waals surface area contributed by atoms with Crippen molar-refractivity contribution in [2.24, 2.45) is 0 Å². The van der Waals surface area contributed by atoms with Crippen LogP contribution in [0.4, 0.5) is 33.2 Å². The Morgan fingerprint density at radius 3 is 2.23 bits per heavy atom. The van der Waals surface area contributed by atoms with E-state index in [1.165, 1.54) is 18.2 Å². The van der Waals surface area contributed by atoms with E-state index in [-0.39, 0.29) is 11.5 Å². The Bertz CT molecular complexity index is 1200. The molecule has 154 valence electrons. The summed E-state index contributed by atoms with van der Waals surface area (Å²) in [7, 11) is 0. The number of nitrogens with zero attached hydrogens (tertiary/aromatic N) is 2. The van der Waals surface area contributed by atoms with Crippen molar-refractivity contribution in [3.05, 3.63) is 102 Å². The van der Waals surface area contributed by atoms with Crippen LogP contribution in [0.25, 0.3) is 0 Å². The summed E-state index contributed by atoms with van der Waals surface area (Å²) in [4.78, 5) is 21.2. The Labute approximate surface area is 179 Å². The highest BCUT2D eigenvalue weighted by atomic mass is 19.1. The van der Waals surface area contributed by atoms with E-state index in [1.54, 1.807) is 30.3 Å². The summed E-state index contributed by atoms with van der Waals surface area (Å²) in [6, 6.07) is 24.3. The lowest BCUT2D eigenvalue weighted by Gasteiger charge is -2.11. The number of carbonyl (C=O) groups is 1. The maximum Gasteiger partial charge on any atom is 0.255 e. The minimum Gasteiger partial charge on any atom is -0.340 e. The third-order valence-electron chi connectivity index (χ3n) is 4.39. The molecule has 0 aliphatic heterocycles. The largest absolute Gasteiger partial charge is 0.340 e. The third kappa shape index (κ3) is 5.42. The molecule has 0 fully saturated rings. The molecule has 4 rings (SSSR count). The Morgan fingerprint density at radius 2 is 1.48 bits per heavy atom. The highest BCUT2D eigenvalue weighted by Crippen LogP contribution is 2.21. The van der Waals surface area contributed by atoms with E-state index in [4.69, 9.17) is 0 Å². The van der Waals surface area contributed by atoms with Crippen molar-refractivity contribution in [1.82, 2.24) is 9.97 Å². The lowest BCUT2D eigenvalue weighted by molar-refractivity contribution is 0.102. The van der Waals surface area contributed by atoms with Crippen molar-refractivity contribution in [3.63, 3.8) is 0 Å². The van der Waals surface area contributed by atoms with Gasteiger partial charge in [-0.3, -0.25) is 4.79 Å². The second kappa shape index (κ2) is 9.04. The van der Waals surface area contributed by atoms with Crippen LogP contribution in [0, 0.1) is 12.7 Å². The Kier molecular flexibility index (Phi) is 5.84. The molecule has 0 spiro atoms. The summed E-state index contributed by atoms with van der Waals surface area (Å²) in [6.07, 6.45) is 0. The van der Waals surface area contributed by atoms with Gasteiger partial charge in [0.2, 0.25) is 5.95 Å². The van der Waals surface area contributed by atoms with Gasteiger partial charge in [-0.2, -0.15) is 4.98 Å². The molecule has 1 aromatic heterocycles. The van der Waals surface area contributed by atoms with E-state index in [2.05, 4.69) is 25.9 Å². The van der Waals surface area contributed by atoms with Crippen molar-refractivity contribution in [2.45, 2.75) is 6.92 Å². The van der Waals surface area contributed by atoms with Crippen LogP contribution in [0.5, 0.6) is 0 Å². The van der Waals surface area contributed by atoms with Gasteiger partial charge in [-0.05, 0) is 61.5 Å². The van der Waals surface area contributed by atoms with Crippen LogP contribution in [-0.2, 0) is 0 Å². The van der Waals surface area contributed by atoms with Crippen molar-refractivity contribution in [3.8, 4) is 0 Å². The van der Waals surface area contributed by atoms with Crippen LogP contribution in [0.3, 0.4) is 0 Å². The van der Waals surface area contributed by atoms with E-state index in [1.807, 2.05) is 43.3 Å². The fourth-order valence-electron chi connectivity index (χ4n) is 2.96. The normalized spacial score (nSPS) is 10.4. The minimum absolute atomic E-state index is 0.258. The highest BCUT2D eigenvalue weighted by Gasteiger charge is 2.08. The molecule has 6 nitrogen and oxygen atoms in total. The van der Waals surface area contributed by atoms with Gasteiger partial charge in [0.25, 0.3) is 5.91 Å². The second-order valence-corrected chi connectivity index (χ2v) is 6.88. The van der Waals surface area contributed by atoms with Crippen LogP contribution < -0.4 is 16.0 Å². The number of nitrogens with one attached hydrogen (secondary N) is 3. The van der Waals surface area contributed by atoms with Gasteiger partial charge in [-0.15, -0.1) is 0 Å². The van der Waals surface area contributed by atoms with E-state index in [0.29, 0.717) is 17.5 Å². The average molecular weight is 413 g/mol. The van der Waals surface area contributed by atoms with Gasteiger partial charge in [0.05, 0.1) is 0 Å². The predicted molar refractivity (Wildman–Crippen MR) is 121 cm³/mol. The summed E-state index contributed by atoms with van der Waals surface area (Å²) in [6.45, 7) is 1.90. The molecular formula is C24H20FN5O. The van der Waals surface area contributed by atoms with Gasteiger partial charge in [-0.25, -0.2) is 9.37 Å². The number of hydrogen-bond donors (Lipinski definition) is 3. The molecule has 4 aromatic rings. The van der Waals surface area contributed by atoms with Gasteiger partial charge in [0, 0.05) is 34.4 Å². The number of anilines is 5. The maximum atomic E-state index is 13.3. The van der Waals surface area contributed by atoms with Gasteiger partial charge in [0.1, 0.15) is 11.6 Å². The first-order valence-corrected chi connectivity index (χ1v) is 9.67. The molecule has 0 saturated carbocycles. The van der Waals surface area contributed by atoms with E-state index >= 15 is 0 Å². The van der Waals surface area contributed by atoms with Crippen molar-refractivity contribution in [2.75, 3.05) is 16.0 Å². The third-order valence-corrected chi connectivity index (χ3v) is 4.39. The van der Waals surface area contributed by atoms with Crippen LogP contribution in [0.15, 0.2) is 84.9 Å². The van der Waals surface area contributed by atoms with Crippen LogP contribution in [0.1, 0.15) is 16.1 Å². The Balaban J connectivity index is 1.43. The number of amides is 1. The molecule has 0 saturated heterocycles. The number of aromatic nitrogens is 2. The quantitative estimate of drug-likeness (QED) is 0.380. The fraction of sp³-hybridized carbons (Fsp3) is 0.0417. The molecular weight excluding hydrogens is 393 g/mol. The molecule has 1 amide bonds. The molecule has 0 aliphatic rings. The molecule has 3 aromatic carbocycles. The first kappa shape index (κ1) is 20.0. The average Bonchev–Trinajstić information content (AvgIpc) is 2.75. The first-order valence-electron chi connectivity index (χ1n) is 9.67. The first-order chi connectivity index (χ1) is 15.0. The van der Waals surface area contributed by atoms with Crippen molar-refractivity contribution >= 4 is 34.7 Å². The summed E-state index contributed by atoms with van der Waals surface area (Å²) < 4.78 is 13.3. The molecule has 0 unspecified atom stereocenters.